The smallest absolute Gasteiger partial charge is 0.281 e. The Bertz CT molecular complexity index is 3350. The van der Waals surface area contributed by atoms with Gasteiger partial charge in [0.15, 0.2) is 5.82 Å². The molecule has 4 aliphatic heterocycles. The van der Waals surface area contributed by atoms with Crippen LogP contribution in [0.1, 0.15) is 0 Å². The average molecular weight is 685 g/mol. The van der Waals surface area contributed by atoms with Crippen molar-refractivity contribution in [3.05, 3.63) is 152 Å². The zero-order valence-electron chi connectivity index (χ0n) is 28.7. The predicted molar refractivity (Wildman–Crippen MR) is 221 cm³/mol. The van der Waals surface area contributed by atoms with Gasteiger partial charge >= 0.3 is 0 Å². The topological polar surface area (TPSA) is 48.1 Å². The molecule has 14 rings (SSSR count). The molecule has 0 spiro atoms. The van der Waals surface area contributed by atoms with Gasteiger partial charge < -0.3 is 13.9 Å². The minimum absolute atomic E-state index is 0.132. The van der Waals surface area contributed by atoms with Crippen LogP contribution in [0.25, 0.3) is 55.0 Å². The van der Waals surface area contributed by atoms with E-state index in [2.05, 4.69) is 166 Å². The minimum Gasteiger partial charge on any atom is -0.438 e. The Morgan fingerprint density at radius 3 is 1.70 bits per heavy atom. The molecule has 54 heavy (non-hydrogen) atoms. The number of fused-ring (bicyclic) bond motifs is 14. The Morgan fingerprint density at radius 2 is 1.00 bits per heavy atom. The standard InChI is InChI=1S/C46H25B2N5O/c1-2-12-26(13-3-1)51-35-22-10-23-36-39(35)47(31-18-8-16-29-27-14-4-6-20-33(27)52(36)41(29)31)43-45(51)50-46-44(49-43)48-32-19-9-17-30-28-15-5-7-21-34(28)53(42(30)32)37-24-11-25-38(54-46)40(37)48/h1-25H. The van der Waals surface area contributed by atoms with E-state index in [4.69, 9.17) is 14.7 Å². The molecular weight excluding hydrogens is 660 g/mol. The quantitative estimate of drug-likeness (QED) is 0.193. The maximum absolute atomic E-state index is 6.90. The van der Waals surface area contributed by atoms with E-state index in [1.54, 1.807) is 0 Å². The maximum atomic E-state index is 6.90. The maximum Gasteiger partial charge on any atom is 0.281 e. The van der Waals surface area contributed by atoms with Gasteiger partial charge in [0.1, 0.15) is 5.75 Å². The predicted octanol–water partition coefficient (Wildman–Crippen LogP) is 6.22. The third-order valence-electron chi connectivity index (χ3n) is 12.4. The normalized spacial score (nSPS) is 14.0. The van der Waals surface area contributed by atoms with Crippen molar-refractivity contribution in [2.24, 2.45) is 0 Å². The van der Waals surface area contributed by atoms with Gasteiger partial charge in [-0.25, -0.2) is 0 Å². The van der Waals surface area contributed by atoms with Crippen LogP contribution in [0.3, 0.4) is 0 Å². The molecule has 0 N–H and O–H groups in total. The summed E-state index contributed by atoms with van der Waals surface area (Å²) in [5, 5.41) is 5.01. The molecule has 0 radical (unpaired) electrons. The van der Waals surface area contributed by atoms with Crippen LogP contribution in [-0.2, 0) is 0 Å². The van der Waals surface area contributed by atoms with Gasteiger partial charge in [0.05, 0.1) is 22.2 Å². The summed E-state index contributed by atoms with van der Waals surface area (Å²) >= 11 is 0. The summed E-state index contributed by atoms with van der Waals surface area (Å²) in [6.45, 7) is -0.280. The molecule has 0 atom stereocenters. The molecule has 0 fully saturated rings. The van der Waals surface area contributed by atoms with E-state index in [-0.39, 0.29) is 13.4 Å². The summed E-state index contributed by atoms with van der Waals surface area (Å²) in [5.74, 6) is 2.20. The summed E-state index contributed by atoms with van der Waals surface area (Å²) in [5.41, 5.74) is 16.0. The molecule has 0 aliphatic carbocycles. The fourth-order valence-electron chi connectivity index (χ4n) is 10.4. The van der Waals surface area contributed by atoms with Gasteiger partial charge in [-0.1, -0.05) is 103 Å². The Labute approximate surface area is 309 Å². The molecule has 4 aliphatic rings. The van der Waals surface area contributed by atoms with Crippen LogP contribution >= 0.6 is 0 Å². The molecule has 10 aromatic rings. The number of rotatable bonds is 1. The van der Waals surface area contributed by atoms with Gasteiger partial charge in [-0.15, -0.1) is 0 Å². The molecular formula is C46H25B2N5O. The first kappa shape index (κ1) is 27.6. The lowest BCUT2D eigenvalue weighted by Gasteiger charge is -2.40. The van der Waals surface area contributed by atoms with E-state index in [0.717, 1.165) is 45.3 Å². The minimum atomic E-state index is -0.147. The lowest BCUT2D eigenvalue weighted by molar-refractivity contribution is 0.466. The van der Waals surface area contributed by atoms with Crippen molar-refractivity contribution in [3.63, 3.8) is 0 Å². The van der Waals surface area contributed by atoms with Crippen molar-refractivity contribution in [1.82, 2.24) is 19.1 Å². The fraction of sp³-hybridized carbons (Fsp3) is 0. The molecule has 0 unspecified atom stereocenters. The molecule has 8 heteroatoms. The summed E-state index contributed by atoms with van der Waals surface area (Å²) < 4.78 is 11.8. The van der Waals surface area contributed by atoms with Crippen LogP contribution in [0.4, 0.5) is 17.2 Å². The zero-order chi connectivity index (χ0) is 34.8. The highest BCUT2D eigenvalue weighted by atomic mass is 16.5. The van der Waals surface area contributed by atoms with Gasteiger partial charge in [0.2, 0.25) is 5.88 Å². The number of anilines is 3. The molecule has 0 saturated heterocycles. The molecule has 6 nitrogen and oxygen atoms in total. The summed E-state index contributed by atoms with van der Waals surface area (Å²) in [6, 6.07) is 54.7. The highest BCUT2D eigenvalue weighted by Crippen LogP contribution is 2.42. The number of hydrogen-bond donors (Lipinski definition) is 0. The number of para-hydroxylation sites is 5. The molecule has 3 aromatic heterocycles. The number of benzene rings is 7. The number of nitrogens with zero attached hydrogens (tertiary/aromatic N) is 5. The molecule has 246 valence electrons. The largest absolute Gasteiger partial charge is 0.438 e. The van der Waals surface area contributed by atoms with Crippen molar-refractivity contribution >= 4 is 107 Å². The average Bonchev–Trinajstić information content (AvgIpc) is 3.75. The highest BCUT2D eigenvalue weighted by Gasteiger charge is 2.48. The molecule has 7 aromatic carbocycles. The van der Waals surface area contributed by atoms with Crippen LogP contribution in [0.15, 0.2) is 152 Å². The second-order valence-corrected chi connectivity index (χ2v) is 14.9. The van der Waals surface area contributed by atoms with E-state index in [1.807, 2.05) is 0 Å². The first-order valence-electron chi connectivity index (χ1n) is 18.6. The van der Waals surface area contributed by atoms with E-state index in [0.29, 0.717) is 5.88 Å². The van der Waals surface area contributed by atoms with Gasteiger partial charge in [0.25, 0.3) is 13.4 Å². The van der Waals surface area contributed by atoms with Crippen LogP contribution in [0.5, 0.6) is 11.6 Å². The van der Waals surface area contributed by atoms with Gasteiger partial charge in [-0.3, -0.25) is 9.88 Å². The second-order valence-electron chi connectivity index (χ2n) is 14.9. The van der Waals surface area contributed by atoms with Crippen molar-refractivity contribution in [2.45, 2.75) is 0 Å². The van der Waals surface area contributed by atoms with Crippen molar-refractivity contribution in [1.29, 1.82) is 0 Å². The number of ether oxygens (including phenoxy) is 1. The number of aromatic nitrogens is 4. The fourth-order valence-corrected chi connectivity index (χ4v) is 10.4. The molecule has 0 bridgehead atoms. The Kier molecular flexibility index (Phi) is 4.84. The van der Waals surface area contributed by atoms with Gasteiger partial charge in [0, 0.05) is 55.3 Å². The van der Waals surface area contributed by atoms with Crippen LogP contribution in [0, 0.1) is 0 Å². The van der Waals surface area contributed by atoms with Crippen molar-refractivity contribution in [2.75, 3.05) is 4.90 Å². The van der Waals surface area contributed by atoms with Gasteiger partial charge in [-0.2, -0.15) is 4.98 Å². The zero-order valence-corrected chi connectivity index (χ0v) is 28.7. The molecule has 7 heterocycles. The van der Waals surface area contributed by atoms with Gasteiger partial charge in [-0.05, 0) is 70.4 Å². The lowest BCUT2D eigenvalue weighted by Crippen LogP contribution is -2.66. The van der Waals surface area contributed by atoms with Crippen LogP contribution in [0.2, 0.25) is 0 Å². The summed E-state index contributed by atoms with van der Waals surface area (Å²) in [4.78, 5) is 13.7. The Balaban J connectivity index is 1.12. The highest BCUT2D eigenvalue weighted by molar-refractivity contribution is 7.01. The third-order valence-corrected chi connectivity index (χ3v) is 12.4. The van der Waals surface area contributed by atoms with Crippen molar-refractivity contribution < 1.29 is 4.74 Å². The van der Waals surface area contributed by atoms with E-state index in [9.17, 15) is 0 Å². The Morgan fingerprint density at radius 1 is 0.444 bits per heavy atom. The first-order chi connectivity index (χ1) is 26.8. The second kappa shape index (κ2) is 9.48. The first-order valence-corrected chi connectivity index (χ1v) is 18.6. The number of hydrogen-bond acceptors (Lipinski definition) is 4. The van der Waals surface area contributed by atoms with Crippen LogP contribution in [-0.4, -0.2) is 32.5 Å². The lowest BCUT2D eigenvalue weighted by atomic mass is 9.34. The van der Waals surface area contributed by atoms with E-state index in [1.165, 1.54) is 65.7 Å². The summed E-state index contributed by atoms with van der Waals surface area (Å²) in [7, 11) is 0. The Hall–Kier alpha value is -7.05. The van der Waals surface area contributed by atoms with E-state index < -0.39 is 0 Å². The summed E-state index contributed by atoms with van der Waals surface area (Å²) in [6.07, 6.45) is 0. The van der Waals surface area contributed by atoms with Crippen molar-refractivity contribution in [3.8, 4) is 23.0 Å². The van der Waals surface area contributed by atoms with E-state index >= 15 is 0 Å². The monoisotopic (exact) mass is 685 g/mol. The SMILES string of the molecule is c1ccc(N2c3cccc4c3B(c3nc5c(nc32)Oc2cccc3c2B5c2cccc5c6ccccc6n-3c25)c2cccc3c5ccccc5n-4c23)cc1. The molecule has 0 saturated carbocycles. The molecule has 0 amide bonds. The van der Waals surface area contributed by atoms with Crippen LogP contribution < -0.4 is 42.7 Å². The third kappa shape index (κ3) is 3.12.